The molecule has 6 heteroatoms. The van der Waals surface area contributed by atoms with Gasteiger partial charge in [-0.05, 0) is 19.1 Å². The molecule has 0 bridgehead atoms. The molecule has 0 spiro atoms. The number of nitrogens with zero attached hydrogens (tertiary/aromatic N) is 3. The summed E-state index contributed by atoms with van der Waals surface area (Å²) in [6.45, 7) is 3.05. The number of thiazole rings is 1. The van der Waals surface area contributed by atoms with E-state index in [1.807, 2.05) is 24.0 Å². The van der Waals surface area contributed by atoms with Gasteiger partial charge in [0.25, 0.3) is 0 Å². The van der Waals surface area contributed by atoms with Crippen molar-refractivity contribution in [3.63, 3.8) is 0 Å². The summed E-state index contributed by atoms with van der Waals surface area (Å²) in [6.07, 6.45) is 0. The fourth-order valence-corrected chi connectivity index (χ4v) is 2.58. The number of nitrogens with two attached hydrogens (primary N) is 1. The van der Waals surface area contributed by atoms with Crippen molar-refractivity contribution in [2.45, 2.75) is 6.92 Å². The highest BCUT2D eigenvalue weighted by Crippen LogP contribution is 2.32. The minimum absolute atomic E-state index is 0.0552. The summed E-state index contributed by atoms with van der Waals surface area (Å²) in [5.41, 5.74) is 10.3. The highest BCUT2D eigenvalue weighted by molar-refractivity contribution is 7.16. The molecule has 0 unspecified atom stereocenters. The third kappa shape index (κ3) is 2.63. The molecular formula is C13H18N4OS. The molecule has 2 N–H and O–H groups in total. The molecule has 102 valence electrons. The quantitative estimate of drug-likeness (QED) is 0.866. The Hall–Kier alpha value is -1.82. The number of aromatic nitrogens is 1. The Bertz CT molecular complexity index is 593. The molecule has 1 aromatic carbocycles. The van der Waals surface area contributed by atoms with Crippen molar-refractivity contribution < 1.29 is 4.79 Å². The molecule has 2 rings (SSSR count). The molecule has 19 heavy (non-hydrogen) atoms. The van der Waals surface area contributed by atoms with Crippen molar-refractivity contribution in [2.24, 2.45) is 0 Å². The van der Waals surface area contributed by atoms with Gasteiger partial charge >= 0.3 is 0 Å². The SMILES string of the molecule is CCN(CC(=O)N(C)C)c1ccc2scnc2c1N. The van der Waals surface area contributed by atoms with E-state index in [1.165, 1.54) is 0 Å². The Balaban J connectivity index is 2.35. The topological polar surface area (TPSA) is 62.5 Å². The van der Waals surface area contributed by atoms with Crippen LogP contribution in [-0.4, -0.2) is 43.0 Å². The summed E-state index contributed by atoms with van der Waals surface area (Å²) < 4.78 is 1.07. The smallest absolute Gasteiger partial charge is 0.241 e. The van der Waals surface area contributed by atoms with Gasteiger partial charge in [0.2, 0.25) is 5.91 Å². The number of hydrogen-bond acceptors (Lipinski definition) is 5. The lowest BCUT2D eigenvalue weighted by Gasteiger charge is -2.25. The van der Waals surface area contributed by atoms with Crippen LogP contribution in [0.25, 0.3) is 10.2 Å². The van der Waals surface area contributed by atoms with Crippen molar-refractivity contribution in [3.05, 3.63) is 17.6 Å². The lowest BCUT2D eigenvalue weighted by Crippen LogP contribution is -2.36. The molecule has 5 nitrogen and oxygen atoms in total. The average molecular weight is 278 g/mol. The van der Waals surface area contributed by atoms with E-state index in [4.69, 9.17) is 5.73 Å². The molecular weight excluding hydrogens is 260 g/mol. The van der Waals surface area contributed by atoms with Gasteiger partial charge in [-0.3, -0.25) is 4.79 Å². The predicted octanol–water partition coefficient (Wildman–Crippen LogP) is 1.79. The zero-order valence-electron chi connectivity index (χ0n) is 11.4. The van der Waals surface area contributed by atoms with Gasteiger partial charge in [0.1, 0.15) is 5.52 Å². The van der Waals surface area contributed by atoms with E-state index in [0.717, 1.165) is 22.4 Å². The molecule has 1 heterocycles. The number of rotatable bonds is 4. The average Bonchev–Trinajstić information content (AvgIpc) is 2.85. The molecule has 0 radical (unpaired) electrons. The molecule has 0 saturated heterocycles. The van der Waals surface area contributed by atoms with Gasteiger partial charge in [0, 0.05) is 20.6 Å². The van der Waals surface area contributed by atoms with E-state index >= 15 is 0 Å². The van der Waals surface area contributed by atoms with Crippen LogP contribution in [0.4, 0.5) is 11.4 Å². The Morgan fingerprint density at radius 1 is 1.42 bits per heavy atom. The Morgan fingerprint density at radius 2 is 2.16 bits per heavy atom. The Morgan fingerprint density at radius 3 is 2.79 bits per heavy atom. The lowest BCUT2D eigenvalue weighted by molar-refractivity contribution is -0.127. The standard InChI is InChI=1S/C13H18N4OS/c1-4-17(7-11(18)16(2)3)9-5-6-10-13(12(9)14)15-8-19-10/h5-6,8H,4,7,14H2,1-3H3. The third-order valence-corrected chi connectivity index (χ3v) is 3.86. The van der Waals surface area contributed by atoms with Crippen molar-refractivity contribution in [1.82, 2.24) is 9.88 Å². The molecule has 2 aromatic rings. The normalized spacial score (nSPS) is 10.7. The number of amides is 1. The van der Waals surface area contributed by atoms with Crippen LogP contribution in [0.1, 0.15) is 6.92 Å². The first kappa shape index (κ1) is 13.6. The molecule has 1 aromatic heterocycles. The Kier molecular flexibility index (Phi) is 3.90. The van der Waals surface area contributed by atoms with Gasteiger partial charge in [0.05, 0.1) is 28.1 Å². The minimum atomic E-state index is 0.0552. The number of benzene rings is 1. The van der Waals surface area contributed by atoms with E-state index in [2.05, 4.69) is 4.98 Å². The summed E-state index contributed by atoms with van der Waals surface area (Å²) in [5.74, 6) is 0.0552. The number of hydrogen-bond donors (Lipinski definition) is 1. The maximum absolute atomic E-state index is 11.8. The van der Waals surface area contributed by atoms with Crippen LogP contribution in [0.2, 0.25) is 0 Å². The first-order valence-electron chi connectivity index (χ1n) is 6.11. The second-order valence-electron chi connectivity index (χ2n) is 4.50. The van der Waals surface area contributed by atoms with E-state index < -0.39 is 0 Å². The van der Waals surface area contributed by atoms with Gasteiger partial charge in [-0.25, -0.2) is 4.98 Å². The summed E-state index contributed by atoms with van der Waals surface area (Å²) in [4.78, 5) is 19.7. The largest absolute Gasteiger partial charge is 0.395 e. The number of nitrogen functional groups attached to an aromatic ring is 1. The summed E-state index contributed by atoms with van der Waals surface area (Å²) in [6, 6.07) is 3.96. The number of fused-ring (bicyclic) bond motifs is 1. The highest BCUT2D eigenvalue weighted by atomic mass is 32.1. The number of carbonyl (C=O) groups excluding carboxylic acids is 1. The first-order chi connectivity index (χ1) is 9.04. The molecule has 0 fully saturated rings. The van der Waals surface area contributed by atoms with E-state index in [1.54, 1.807) is 35.8 Å². The van der Waals surface area contributed by atoms with Gasteiger partial charge in [-0.1, -0.05) is 0 Å². The van der Waals surface area contributed by atoms with Crippen molar-refractivity contribution in [3.8, 4) is 0 Å². The molecule has 0 aliphatic heterocycles. The zero-order valence-corrected chi connectivity index (χ0v) is 12.2. The number of carbonyl (C=O) groups is 1. The minimum Gasteiger partial charge on any atom is -0.395 e. The molecule has 0 saturated carbocycles. The predicted molar refractivity (Wildman–Crippen MR) is 80.6 cm³/mol. The van der Waals surface area contributed by atoms with E-state index in [0.29, 0.717) is 12.2 Å². The molecule has 1 amide bonds. The monoisotopic (exact) mass is 278 g/mol. The summed E-state index contributed by atoms with van der Waals surface area (Å²) >= 11 is 1.56. The summed E-state index contributed by atoms with van der Waals surface area (Å²) in [7, 11) is 3.51. The van der Waals surface area contributed by atoms with Gasteiger partial charge in [-0.15, -0.1) is 11.3 Å². The fraction of sp³-hybridized carbons (Fsp3) is 0.385. The van der Waals surface area contributed by atoms with Gasteiger partial charge < -0.3 is 15.5 Å². The second kappa shape index (κ2) is 5.44. The van der Waals surface area contributed by atoms with Gasteiger partial charge in [-0.2, -0.15) is 0 Å². The van der Waals surface area contributed by atoms with Crippen LogP contribution >= 0.6 is 11.3 Å². The Labute approximate surface area is 116 Å². The van der Waals surface area contributed by atoms with E-state index in [9.17, 15) is 4.79 Å². The third-order valence-electron chi connectivity index (χ3n) is 3.07. The van der Waals surface area contributed by atoms with Gasteiger partial charge in [0.15, 0.2) is 0 Å². The van der Waals surface area contributed by atoms with Crippen molar-refractivity contribution >= 4 is 38.8 Å². The fourth-order valence-electron chi connectivity index (χ4n) is 1.89. The lowest BCUT2D eigenvalue weighted by atomic mass is 10.2. The van der Waals surface area contributed by atoms with Crippen molar-refractivity contribution in [1.29, 1.82) is 0 Å². The maximum Gasteiger partial charge on any atom is 0.241 e. The van der Waals surface area contributed by atoms with Crippen LogP contribution in [0.15, 0.2) is 17.6 Å². The summed E-state index contributed by atoms with van der Waals surface area (Å²) in [5, 5.41) is 0. The zero-order chi connectivity index (χ0) is 14.0. The van der Waals surface area contributed by atoms with E-state index in [-0.39, 0.29) is 5.91 Å². The molecule has 0 aliphatic rings. The number of anilines is 2. The first-order valence-corrected chi connectivity index (χ1v) is 6.99. The second-order valence-corrected chi connectivity index (χ2v) is 5.39. The van der Waals surface area contributed by atoms with Crippen LogP contribution < -0.4 is 10.6 Å². The van der Waals surface area contributed by atoms with Crippen LogP contribution in [0.3, 0.4) is 0 Å². The van der Waals surface area contributed by atoms with Crippen LogP contribution in [0.5, 0.6) is 0 Å². The molecule has 0 atom stereocenters. The maximum atomic E-state index is 11.8. The van der Waals surface area contributed by atoms with Crippen LogP contribution in [0, 0.1) is 0 Å². The highest BCUT2D eigenvalue weighted by Gasteiger charge is 2.16. The van der Waals surface area contributed by atoms with Crippen LogP contribution in [-0.2, 0) is 4.79 Å². The van der Waals surface area contributed by atoms with Crippen molar-refractivity contribution in [2.75, 3.05) is 37.8 Å². The molecule has 0 aliphatic carbocycles. The number of likely N-dealkylation sites (N-methyl/N-ethyl adjacent to an activating group) is 2.